The van der Waals surface area contributed by atoms with Gasteiger partial charge in [0.2, 0.25) is 5.91 Å². The Labute approximate surface area is 88.9 Å². The van der Waals surface area contributed by atoms with Gasteiger partial charge in [-0.25, -0.2) is 0 Å². The van der Waals surface area contributed by atoms with Gasteiger partial charge in [0.25, 0.3) is 0 Å². The molecule has 3 N–H and O–H groups in total. The molecule has 78 valence electrons. The number of benzene rings is 1. The summed E-state index contributed by atoms with van der Waals surface area (Å²) in [7, 11) is 0. The lowest BCUT2D eigenvalue weighted by Gasteiger charge is -1.99. The van der Waals surface area contributed by atoms with Crippen molar-refractivity contribution in [3.8, 4) is 11.8 Å². The van der Waals surface area contributed by atoms with Gasteiger partial charge in [0.15, 0.2) is 0 Å². The standard InChI is InChI=1S/C12H13NO2/c1-9-6-10(4-2-3-5-14)8-11(7-9)12(13)15/h6-8,14H,3,5H2,1H3,(H2,13,15). The van der Waals surface area contributed by atoms with E-state index in [1.54, 1.807) is 12.1 Å². The quantitative estimate of drug-likeness (QED) is 0.699. The predicted molar refractivity (Wildman–Crippen MR) is 58.3 cm³/mol. The Balaban J connectivity index is 3.00. The van der Waals surface area contributed by atoms with Crippen LogP contribution in [0.25, 0.3) is 0 Å². The van der Waals surface area contributed by atoms with E-state index in [9.17, 15) is 4.79 Å². The molecule has 0 spiro atoms. The maximum Gasteiger partial charge on any atom is 0.248 e. The van der Waals surface area contributed by atoms with Crippen molar-refractivity contribution in [1.29, 1.82) is 0 Å². The third kappa shape index (κ3) is 3.45. The number of aliphatic hydroxyl groups excluding tert-OH is 1. The smallest absolute Gasteiger partial charge is 0.248 e. The van der Waals surface area contributed by atoms with Crippen LogP contribution in [0, 0.1) is 18.8 Å². The zero-order valence-electron chi connectivity index (χ0n) is 8.58. The van der Waals surface area contributed by atoms with Crippen LogP contribution < -0.4 is 5.73 Å². The molecular formula is C12H13NO2. The Kier molecular flexibility index (Phi) is 3.90. The van der Waals surface area contributed by atoms with Crippen LogP contribution in [0.2, 0.25) is 0 Å². The van der Waals surface area contributed by atoms with Gasteiger partial charge < -0.3 is 10.8 Å². The van der Waals surface area contributed by atoms with Crippen molar-refractivity contribution < 1.29 is 9.90 Å². The van der Waals surface area contributed by atoms with Crippen molar-refractivity contribution in [2.75, 3.05) is 6.61 Å². The summed E-state index contributed by atoms with van der Waals surface area (Å²) in [6.07, 6.45) is 0.430. The molecular weight excluding hydrogens is 190 g/mol. The molecule has 1 amide bonds. The summed E-state index contributed by atoms with van der Waals surface area (Å²) in [5.74, 6) is 5.20. The largest absolute Gasteiger partial charge is 0.395 e. The van der Waals surface area contributed by atoms with Gasteiger partial charge in [-0.15, -0.1) is 0 Å². The molecule has 1 rings (SSSR count). The zero-order valence-corrected chi connectivity index (χ0v) is 8.58. The Bertz CT molecular complexity index is 427. The molecule has 0 heterocycles. The number of primary amides is 1. The van der Waals surface area contributed by atoms with Crippen molar-refractivity contribution in [2.45, 2.75) is 13.3 Å². The number of hydrogen-bond donors (Lipinski definition) is 2. The van der Waals surface area contributed by atoms with Crippen molar-refractivity contribution in [3.63, 3.8) is 0 Å². The van der Waals surface area contributed by atoms with Crippen LogP contribution in [0.4, 0.5) is 0 Å². The molecule has 0 aliphatic rings. The van der Waals surface area contributed by atoms with E-state index in [2.05, 4.69) is 11.8 Å². The van der Waals surface area contributed by atoms with Crippen molar-refractivity contribution in [2.24, 2.45) is 5.73 Å². The predicted octanol–water partition coefficient (Wildman–Crippen LogP) is 0.828. The molecule has 0 fully saturated rings. The van der Waals surface area contributed by atoms with E-state index < -0.39 is 5.91 Å². The monoisotopic (exact) mass is 203 g/mol. The van der Waals surface area contributed by atoms with Crippen LogP contribution in [0.15, 0.2) is 18.2 Å². The molecule has 0 aliphatic carbocycles. The molecule has 0 saturated heterocycles. The SMILES string of the molecule is Cc1cc(C#CCCO)cc(C(N)=O)c1. The number of aliphatic hydroxyl groups is 1. The fourth-order valence-electron chi connectivity index (χ4n) is 1.22. The number of carbonyl (C=O) groups is 1. The van der Waals surface area contributed by atoms with Gasteiger partial charge in [-0.1, -0.05) is 11.8 Å². The van der Waals surface area contributed by atoms with Crippen molar-refractivity contribution in [1.82, 2.24) is 0 Å². The highest BCUT2D eigenvalue weighted by atomic mass is 16.2. The molecule has 1 aromatic rings. The topological polar surface area (TPSA) is 63.3 Å². The minimum atomic E-state index is -0.455. The van der Waals surface area contributed by atoms with Crippen LogP contribution in [-0.4, -0.2) is 17.6 Å². The summed E-state index contributed by atoms with van der Waals surface area (Å²) in [5, 5.41) is 8.57. The first-order chi connectivity index (χ1) is 7.13. The number of aryl methyl sites for hydroxylation is 1. The van der Waals surface area contributed by atoms with E-state index in [-0.39, 0.29) is 6.61 Å². The first-order valence-corrected chi connectivity index (χ1v) is 4.64. The fraction of sp³-hybridized carbons (Fsp3) is 0.250. The second-order valence-corrected chi connectivity index (χ2v) is 3.23. The molecule has 0 saturated carbocycles. The van der Waals surface area contributed by atoms with Gasteiger partial charge >= 0.3 is 0 Å². The zero-order chi connectivity index (χ0) is 11.3. The van der Waals surface area contributed by atoms with E-state index in [1.165, 1.54) is 0 Å². The van der Waals surface area contributed by atoms with E-state index in [4.69, 9.17) is 10.8 Å². The van der Waals surface area contributed by atoms with Gasteiger partial charge in [0.1, 0.15) is 0 Å². The van der Waals surface area contributed by atoms with Gasteiger partial charge in [-0.05, 0) is 30.7 Å². The van der Waals surface area contributed by atoms with Gasteiger partial charge in [-0.3, -0.25) is 4.79 Å². The number of hydrogen-bond acceptors (Lipinski definition) is 2. The van der Waals surface area contributed by atoms with Crippen molar-refractivity contribution in [3.05, 3.63) is 34.9 Å². The highest BCUT2D eigenvalue weighted by Crippen LogP contribution is 2.08. The Morgan fingerprint density at radius 3 is 2.80 bits per heavy atom. The summed E-state index contributed by atoms with van der Waals surface area (Å²) < 4.78 is 0. The molecule has 0 aromatic heterocycles. The highest BCUT2D eigenvalue weighted by Gasteiger charge is 2.01. The normalized spacial score (nSPS) is 9.20. The Morgan fingerprint density at radius 2 is 2.20 bits per heavy atom. The van der Waals surface area contributed by atoms with E-state index >= 15 is 0 Å². The molecule has 15 heavy (non-hydrogen) atoms. The molecule has 0 bridgehead atoms. The summed E-state index contributed by atoms with van der Waals surface area (Å²) >= 11 is 0. The average molecular weight is 203 g/mol. The van der Waals surface area contributed by atoms with Crippen LogP contribution >= 0.6 is 0 Å². The third-order valence-electron chi connectivity index (χ3n) is 1.83. The van der Waals surface area contributed by atoms with Gasteiger partial charge in [0, 0.05) is 17.5 Å². The van der Waals surface area contributed by atoms with Crippen LogP contribution in [0.1, 0.15) is 27.9 Å². The molecule has 3 nitrogen and oxygen atoms in total. The molecule has 0 radical (unpaired) electrons. The minimum Gasteiger partial charge on any atom is -0.395 e. The molecule has 0 aliphatic heterocycles. The number of rotatable bonds is 2. The number of nitrogens with two attached hydrogens (primary N) is 1. The first-order valence-electron chi connectivity index (χ1n) is 4.64. The van der Waals surface area contributed by atoms with Crippen molar-refractivity contribution >= 4 is 5.91 Å². The number of amides is 1. The Morgan fingerprint density at radius 1 is 1.47 bits per heavy atom. The molecule has 0 unspecified atom stereocenters. The molecule has 3 heteroatoms. The second kappa shape index (κ2) is 5.18. The third-order valence-corrected chi connectivity index (χ3v) is 1.83. The maximum absolute atomic E-state index is 11.0. The lowest BCUT2D eigenvalue weighted by atomic mass is 10.1. The summed E-state index contributed by atoms with van der Waals surface area (Å²) in [6.45, 7) is 1.92. The summed E-state index contributed by atoms with van der Waals surface area (Å²) in [6, 6.07) is 5.25. The van der Waals surface area contributed by atoms with Crippen LogP contribution in [0.3, 0.4) is 0 Å². The fourth-order valence-corrected chi connectivity index (χ4v) is 1.22. The van der Waals surface area contributed by atoms with E-state index in [0.717, 1.165) is 11.1 Å². The highest BCUT2D eigenvalue weighted by molar-refractivity contribution is 5.93. The molecule has 0 atom stereocenters. The Hall–Kier alpha value is -1.79. The van der Waals surface area contributed by atoms with Crippen LogP contribution in [0.5, 0.6) is 0 Å². The summed E-state index contributed by atoms with van der Waals surface area (Å²) in [4.78, 5) is 11.0. The van der Waals surface area contributed by atoms with E-state index in [1.807, 2.05) is 13.0 Å². The van der Waals surface area contributed by atoms with Gasteiger partial charge in [-0.2, -0.15) is 0 Å². The number of carbonyl (C=O) groups excluding carboxylic acids is 1. The lowest BCUT2D eigenvalue weighted by molar-refractivity contribution is 0.1000. The van der Waals surface area contributed by atoms with Gasteiger partial charge in [0.05, 0.1) is 6.61 Å². The average Bonchev–Trinajstić information content (AvgIpc) is 2.17. The van der Waals surface area contributed by atoms with E-state index in [0.29, 0.717) is 12.0 Å². The first kappa shape index (κ1) is 11.3. The van der Waals surface area contributed by atoms with Crippen LogP contribution in [-0.2, 0) is 0 Å². The second-order valence-electron chi connectivity index (χ2n) is 3.23. The minimum absolute atomic E-state index is 0.0431. The molecule has 1 aromatic carbocycles. The summed E-state index contributed by atoms with van der Waals surface area (Å²) in [5.41, 5.74) is 7.33. The maximum atomic E-state index is 11.0. The lowest BCUT2D eigenvalue weighted by Crippen LogP contribution is -2.11.